The number of hydroxylamine groups is 1. The van der Waals surface area contributed by atoms with E-state index in [1.54, 1.807) is 5.48 Å². The molecule has 17 heavy (non-hydrogen) atoms. The van der Waals surface area contributed by atoms with E-state index >= 15 is 0 Å². The fourth-order valence-corrected chi connectivity index (χ4v) is 1.15. The van der Waals surface area contributed by atoms with Crippen LogP contribution in [0.3, 0.4) is 0 Å². The van der Waals surface area contributed by atoms with Crippen LogP contribution in [-0.2, 0) is 9.63 Å². The van der Waals surface area contributed by atoms with Gasteiger partial charge in [-0.2, -0.15) is 0 Å². The number of carboxylic acid groups (broad SMARTS) is 1. The first-order valence-electron chi connectivity index (χ1n) is 4.20. The first-order valence-corrected chi connectivity index (χ1v) is 4.58. The molecule has 92 valence electrons. The summed E-state index contributed by atoms with van der Waals surface area (Å²) in [5.74, 6) is -4.73. The number of carboxylic acids is 1. The summed E-state index contributed by atoms with van der Waals surface area (Å²) < 4.78 is 25.5. The van der Waals surface area contributed by atoms with E-state index in [9.17, 15) is 18.4 Å². The van der Waals surface area contributed by atoms with E-state index in [-0.39, 0.29) is 10.6 Å². The largest absolute Gasteiger partial charge is 0.479 e. The third-order valence-corrected chi connectivity index (χ3v) is 1.93. The van der Waals surface area contributed by atoms with Crippen molar-refractivity contribution in [1.29, 1.82) is 0 Å². The summed E-state index contributed by atoms with van der Waals surface area (Å²) in [7, 11) is 0. The minimum atomic E-state index is -1.30. The number of hydrogen-bond donors (Lipinski definition) is 2. The van der Waals surface area contributed by atoms with E-state index in [1.165, 1.54) is 0 Å². The zero-order valence-corrected chi connectivity index (χ0v) is 8.92. The number of aliphatic carboxylic acids is 1. The second kappa shape index (κ2) is 5.55. The maximum atomic E-state index is 12.8. The number of amides is 1. The second-order valence-corrected chi connectivity index (χ2v) is 3.27. The average Bonchev–Trinajstić information content (AvgIpc) is 2.22. The van der Waals surface area contributed by atoms with Crippen molar-refractivity contribution in [3.63, 3.8) is 0 Å². The van der Waals surface area contributed by atoms with Crippen molar-refractivity contribution in [1.82, 2.24) is 5.48 Å². The smallest absolute Gasteiger partial charge is 0.332 e. The number of halogens is 3. The minimum Gasteiger partial charge on any atom is -0.479 e. The highest BCUT2D eigenvalue weighted by molar-refractivity contribution is 6.33. The Bertz CT molecular complexity index is 467. The third-order valence-electron chi connectivity index (χ3n) is 1.62. The van der Waals surface area contributed by atoms with Crippen LogP contribution in [0.4, 0.5) is 8.78 Å². The molecule has 0 saturated carbocycles. The summed E-state index contributed by atoms with van der Waals surface area (Å²) in [6.07, 6.45) is 0. The normalized spacial score (nSPS) is 10.1. The van der Waals surface area contributed by atoms with Crippen molar-refractivity contribution in [2.24, 2.45) is 0 Å². The van der Waals surface area contributed by atoms with Gasteiger partial charge < -0.3 is 5.11 Å². The summed E-state index contributed by atoms with van der Waals surface area (Å²) in [5.41, 5.74) is 1.36. The standard InChI is InChI=1S/C9H6ClF2NO4/c10-5-2-7(12)6(11)1-4(5)9(16)13-17-3-8(14)15/h1-2H,3H2,(H,13,16)(H,14,15). The topological polar surface area (TPSA) is 75.6 Å². The Morgan fingerprint density at radius 3 is 2.53 bits per heavy atom. The van der Waals surface area contributed by atoms with Gasteiger partial charge in [0.15, 0.2) is 18.2 Å². The monoisotopic (exact) mass is 265 g/mol. The van der Waals surface area contributed by atoms with E-state index in [0.717, 1.165) is 0 Å². The van der Waals surface area contributed by atoms with Gasteiger partial charge in [0.1, 0.15) is 0 Å². The Morgan fingerprint density at radius 1 is 1.35 bits per heavy atom. The number of carbonyl (C=O) groups is 2. The molecule has 0 heterocycles. The molecule has 1 rings (SSSR count). The molecular formula is C9H6ClF2NO4. The average molecular weight is 266 g/mol. The molecular weight excluding hydrogens is 260 g/mol. The van der Waals surface area contributed by atoms with Crippen LogP contribution in [-0.4, -0.2) is 23.6 Å². The Hall–Kier alpha value is -1.73. The van der Waals surface area contributed by atoms with Gasteiger partial charge in [-0.05, 0) is 12.1 Å². The summed E-state index contributed by atoms with van der Waals surface area (Å²) in [5, 5.41) is 7.90. The first kappa shape index (κ1) is 13.3. The van der Waals surface area contributed by atoms with Crippen LogP contribution in [0, 0.1) is 11.6 Å². The molecule has 0 fully saturated rings. The van der Waals surface area contributed by atoms with Crippen molar-refractivity contribution < 1.29 is 28.3 Å². The molecule has 8 heteroatoms. The Balaban J connectivity index is 2.75. The van der Waals surface area contributed by atoms with Gasteiger partial charge in [0.2, 0.25) is 0 Å². The molecule has 1 aromatic rings. The first-order chi connectivity index (χ1) is 7.91. The van der Waals surface area contributed by atoms with Crippen molar-refractivity contribution in [3.05, 3.63) is 34.4 Å². The molecule has 1 aromatic carbocycles. The zero-order valence-electron chi connectivity index (χ0n) is 8.17. The maximum Gasteiger partial charge on any atom is 0.332 e. The number of benzene rings is 1. The highest BCUT2D eigenvalue weighted by atomic mass is 35.5. The van der Waals surface area contributed by atoms with E-state index in [1.807, 2.05) is 0 Å². The minimum absolute atomic E-state index is 0.319. The molecule has 0 saturated heterocycles. The molecule has 0 aliphatic carbocycles. The number of rotatable bonds is 4. The van der Waals surface area contributed by atoms with Crippen LogP contribution in [0.2, 0.25) is 5.02 Å². The Kier molecular flexibility index (Phi) is 4.36. The lowest BCUT2D eigenvalue weighted by Crippen LogP contribution is -2.27. The predicted molar refractivity (Wildman–Crippen MR) is 52.4 cm³/mol. The number of nitrogens with one attached hydrogen (secondary N) is 1. The van der Waals surface area contributed by atoms with Gasteiger partial charge in [0.25, 0.3) is 5.91 Å². The van der Waals surface area contributed by atoms with Gasteiger partial charge in [-0.15, -0.1) is 0 Å². The summed E-state index contributed by atoms with van der Waals surface area (Å²) in [6.45, 7) is -0.771. The molecule has 0 atom stereocenters. The maximum absolute atomic E-state index is 12.8. The van der Waals surface area contributed by atoms with Gasteiger partial charge in [-0.3, -0.25) is 9.63 Å². The van der Waals surface area contributed by atoms with Crippen LogP contribution in [0.15, 0.2) is 12.1 Å². The van der Waals surface area contributed by atoms with Gasteiger partial charge >= 0.3 is 5.97 Å². The van der Waals surface area contributed by atoms with E-state index in [4.69, 9.17) is 16.7 Å². The summed E-state index contributed by atoms with van der Waals surface area (Å²) >= 11 is 5.50. The van der Waals surface area contributed by atoms with Crippen molar-refractivity contribution in [3.8, 4) is 0 Å². The fourth-order valence-electron chi connectivity index (χ4n) is 0.915. The molecule has 0 bridgehead atoms. The van der Waals surface area contributed by atoms with Crippen LogP contribution >= 0.6 is 11.6 Å². The predicted octanol–water partition coefficient (Wildman–Crippen LogP) is 1.36. The lowest BCUT2D eigenvalue weighted by molar-refractivity contribution is -0.144. The lowest BCUT2D eigenvalue weighted by Gasteiger charge is -2.06. The van der Waals surface area contributed by atoms with Crippen molar-refractivity contribution >= 4 is 23.5 Å². The molecule has 0 aromatic heterocycles. The highest BCUT2D eigenvalue weighted by Crippen LogP contribution is 2.19. The highest BCUT2D eigenvalue weighted by Gasteiger charge is 2.15. The van der Waals surface area contributed by atoms with Gasteiger partial charge in [0.05, 0.1) is 10.6 Å². The third kappa shape index (κ3) is 3.65. The van der Waals surface area contributed by atoms with Crippen molar-refractivity contribution in [2.75, 3.05) is 6.61 Å². The number of hydrogen-bond acceptors (Lipinski definition) is 3. The SMILES string of the molecule is O=C(O)CONC(=O)c1cc(F)c(F)cc1Cl. The lowest BCUT2D eigenvalue weighted by atomic mass is 10.2. The second-order valence-electron chi connectivity index (χ2n) is 2.86. The van der Waals surface area contributed by atoms with Gasteiger partial charge in [-0.1, -0.05) is 11.6 Å². The quantitative estimate of drug-likeness (QED) is 0.637. The zero-order chi connectivity index (χ0) is 13.0. The van der Waals surface area contributed by atoms with Crippen LogP contribution in [0.5, 0.6) is 0 Å². The molecule has 0 radical (unpaired) electrons. The van der Waals surface area contributed by atoms with Crippen LogP contribution < -0.4 is 5.48 Å². The van der Waals surface area contributed by atoms with Crippen molar-refractivity contribution in [2.45, 2.75) is 0 Å². The van der Waals surface area contributed by atoms with E-state index in [2.05, 4.69) is 4.84 Å². The van der Waals surface area contributed by atoms with Gasteiger partial charge in [-0.25, -0.2) is 19.1 Å². The Labute approximate surface area is 98.9 Å². The molecule has 1 amide bonds. The molecule has 0 unspecified atom stereocenters. The molecule has 0 aliphatic heterocycles. The molecule has 5 nitrogen and oxygen atoms in total. The van der Waals surface area contributed by atoms with Gasteiger partial charge in [0, 0.05) is 0 Å². The molecule has 2 N–H and O–H groups in total. The Morgan fingerprint density at radius 2 is 1.94 bits per heavy atom. The van der Waals surface area contributed by atoms with Crippen LogP contribution in [0.25, 0.3) is 0 Å². The van der Waals surface area contributed by atoms with E-state index < -0.39 is 30.1 Å². The summed E-state index contributed by atoms with van der Waals surface area (Å²) in [6, 6.07) is 1.21. The molecule has 0 aliphatic rings. The summed E-state index contributed by atoms with van der Waals surface area (Å²) in [4.78, 5) is 25.6. The fraction of sp³-hybridized carbons (Fsp3) is 0.111. The van der Waals surface area contributed by atoms with Crippen LogP contribution in [0.1, 0.15) is 10.4 Å². The van der Waals surface area contributed by atoms with E-state index in [0.29, 0.717) is 12.1 Å². The number of carbonyl (C=O) groups excluding carboxylic acids is 1. The molecule has 0 spiro atoms.